The van der Waals surface area contributed by atoms with Crippen LogP contribution in [0.15, 0.2) is 29.0 Å². The molecule has 0 amide bonds. The third-order valence-corrected chi connectivity index (χ3v) is 3.23. The van der Waals surface area contributed by atoms with Crippen LogP contribution >= 0.6 is 11.3 Å². The molecule has 0 fully saturated rings. The first-order valence-corrected chi connectivity index (χ1v) is 5.89. The van der Waals surface area contributed by atoms with Gasteiger partial charge in [-0.15, -0.1) is 0 Å². The molecule has 0 unspecified atom stereocenters. The van der Waals surface area contributed by atoms with Gasteiger partial charge in [-0.2, -0.15) is 11.3 Å². The van der Waals surface area contributed by atoms with Gasteiger partial charge in [0.2, 0.25) is 0 Å². The summed E-state index contributed by atoms with van der Waals surface area (Å²) >= 11 is 1.43. The summed E-state index contributed by atoms with van der Waals surface area (Å²) in [5.41, 5.74) is 6.37. The average molecular weight is 255 g/mol. The van der Waals surface area contributed by atoms with Gasteiger partial charge in [0, 0.05) is 5.56 Å². The largest absolute Gasteiger partial charge is 0.494 e. The highest BCUT2D eigenvalue weighted by Crippen LogP contribution is 2.30. The summed E-state index contributed by atoms with van der Waals surface area (Å²) < 4.78 is 32.4. The normalized spacial score (nSPS) is 12.5. The number of nitrogens with two attached hydrogens (primary N) is 1. The first-order valence-electron chi connectivity index (χ1n) is 4.94. The van der Waals surface area contributed by atoms with Crippen LogP contribution in [0.1, 0.15) is 17.2 Å². The van der Waals surface area contributed by atoms with Crippen molar-refractivity contribution in [1.29, 1.82) is 0 Å². The molecule has 0 aliphatic heterocycles. The van der Waals surface area contributed by atoms with Crippen molar-refractivity contribution < 1.29 is 13.5 Å². The predicted octanol–water partition coefficient (Wildman–Crippen LogP) is 3.08. The second-order valence-corrected chi connectivity index (χ2v) is 4.29. The molecule has 0 aliphatic rings. The molecule has 0 saturated heterocycles. The molecule has 0 saturated carbocycles. The molecule has 1 aromatic carbocycles. The zero-order valence-corrected chi connectivity index (χ0v) is 9.93. The lowest BCUT2D eigenvalue weighted by atomic mass is 10.0. The molecule has 0 aliphatic carbocycles. The highest BCUT2D eigenvalue weighted by molar-refractivity contribution is 7.08. The number of ether oxygens (including phenoxy) is 1. The maximum absolute atomic E-state index is 13.9. The maximum atomic E-state index is 13.9. The molecule has 5 heteroatoms. The Kier molecular flexibility index (Phi) is 3.40. The van der Waals surface area contributed by atoms with E-state index in [1.54, 1.807) is 11.4 Å². The Hall–Kier alpha value is -1.46. The van der Waals surface area contributed by atoms with Crippen LogP contribution in [0.3, 0.4) is 0 Å². The van der Waals surface area contributed by atoms with Gasteiger partial charge in [-0.3, -0.25) is 0 Å². The quantitative estimate of drug-likeness (QED) is 0.914. The topological polar surface area (TPSA) is 35.2 Å². The highest BCUT2D eigenvalue weighted by atomic mass is 32.1. The van der Waals surface area contributed by atoms with E-state index in [1.807, 2.05) is 5.38 Å². The fourth-order valence-corrected chi connectivity index (χ4v) is 2.31. The van der Waals surface area contributed by atoms with Crippen molar-refractivity contribution in [3.63, 3.8) is 0 Å². The van der Waals surface area contributed by atoms with Crippen LogP contribution in [0.5, 0.6) is 5.75 Å². The Morgan fingerprint density at radius 3 is 2.65 bits per heavy atom. The molecule has 0 bridgehead atoms. The van der Waals surface area contributed by atoms with E-state index in [0.29, 0.717) is 5.56 Å². The zero-order chi connectivity index (χ0) is 12.4. The number of benzene rings is 1. The molecule has 2 aromatic rings. The predicted molar refractivity (Wildman–Crippen MR) is 63.3 cm³/mol. The SMILES string of the molecule is COc1ccc(F)c([C@@H](N)c2ccsc2)c1F. The van der Waals surface area contributed by atoms with Gasteiger partial charge in [0.05, 0.1) is 13.2 Å². The van der Waals surface area contributed by atoms with Gasteiger partial charge < -0.3 is 10.5 Å². The van der Waals surface area contributed by atoms with Gasteiger partial charge >= 0.3 is 0 Å². The van der Waals surface area contributed by atoms with E-state index in [-0.39, 0.29) is 11.3 Å². The van der Waals surface area contributed by atoms with Crippen LogP contribution in [-0.2, 0) is 0 Å². The smallest absolute Gasteiger partial charge is 0.173 e. The van der Waals surface area contributed by atoms with Crippen molar-refractivity contribution >= 4 is 11.3 Å². The minimum Gasteiger partial charge on any atom is -0.494 e. The Labute approximate surface area is 102 Å². The van der Waals surface area contributed by atoms with Crippen molar-refractivity contribution in [2.45, 2.75) is 6.04 Å². The third-order valence-electron chi connectivity index (χ3n) is 2.52. The number of thiophene rings is 1. The highest BCUT2D eigenvalue weighted by Gasteiger charge is 2.21. The molecule has 90 valence electrons. The van der Waals surface area contributed by atoms with Crippen LogP contribution in [-0.4, -0.2) is 7.11 Å². The summed E-state index contributed by atoms with van der Waals surface area (Å²) in [7, 11) is 1.33. The van der Waals surface area contributed by atoms with Gasteiger partial charge in [-0.25, -0.2) is 8.78 Å². The lowest BCUT2D eigenvalue weighted by molar-refractivity contribution is 0.379. The molecular formula is C12H11F2NOS. The standard InChI is InChI=1S/C12H11F2NOS/c1-16-9-3-2-8(13)10(11(9)14)12(15)7-4-5-17-6-7/h2-6,12H,15H2,1H3/t12-/m0/s1. The molecule has 2 N–H and O–H groups in total. The van der Waals surface area contributed by atoms with Gasteiger partial charge in [-0.1, -0.05) is 0 Å². The Balaban J connectivity index is 2.51. The van der Waals surface area contributed by atoms with E-state index in [2.05, 4.69) is 0 Å². The van der Waals surface area contributed by atoms with E-state index in [4.69, 9.17) is 10.5 Å². The molecule has 1 aromatic heterocycles. The summed E-state index contributed by atoms with van der Waals surface area (Å²) in [6, 6.07) is 3.32. The van der Waals surface area contributed by atoms with Crippen molar-refractivity contribution in [3.05, 3.63) is 51.7 Å². The van der Waals surface area contributed by atoms with Crippen LogP contribution in [0, 0.1) is 11.6 Å². The van der Waals surface area contributed by atoms with Crippen LogP contribution in [0.25, 0.3) is 0 Å². The van der Waals surface area contributed by atoms with Gasteiger partial charge in [0.25, 0.3) is 0 Å². The second kappa shape index (κ2) is 4.81. The fraction of sp³-hybridized carbons (Fsp3) is 0.167. The monoisotopic (exact) mass is 255 g/mol. The van der Waals surface area contributed by atoms with Crippen LogP contribution < -0.4 is 10.5 Å². The maximum Gasteiger partial charge on any atom is 0.173 e. The molecule has 2 rings (SSSR count). The van der Waals surface area contributed by atoms with E-state index < -0.39 is 17.7 Å². The van der Waals surface area contributed by atoms with E-state index in [1.165, 1.54) is 24.5 Å². The van der Waals surface area contributed by atoms with Crippen LogP contribution in [0.2, 0.25) is 0 Å². The number of hydrogen-bond donors (Lipinski definition) is 1. The van der Waals surface area contributed by atoms with E-state index in [0.717, 1.165) is 6.07 Å². The molecule has 1 atom stereocenters. The van der Waals surface area contributed by atoms with E-state index in [9.17, 15) is 8.78 Å². The molecular weight excluding hydrogens is 244 g/mol. The third kappa shape index (κ3) is 2.16. The summed E-state index contributed by atoms with van der Waals surface area (Å²) in [6.07, 6.45) is 0. The summed E-state index contributed by atoms with van der Waals surface area (Å²) in [5.74, 6) is -1.42. The zero-order valence-electron chi connectivity index (χ0n) is 9.11. The number of halogens is 2. The molecule has 17 heavy (non-hydrogen) atoms. The molecule has 0 radical (unpaired) electrons. The number of methoxy groups -OCH3 is 1. The first-order chi connectivity index (χ1) is 8.15. The van der Waals surface area contributed by atoms with E-state index >= 15 is 0 Å². The summed E-state index contributed by atoms with van der Waals surface area (Å²) in [4.78, 5) is 0. The Bertz CT molecular complexity index is 513. The summed E-state index contributed by atoms with van der Waals surface area (Å²) in [6.45, 7) is 0. The summed E-state index contributed by atoms with van der Waals surface area (Å²) in [5, 5.41) is 3.58. The average Bonchev–Trinajstić information content (AvgIpc) is 2.82. The number of rotatable bonds is 3. The Morgan fingerprint density at radius 1 is 1.29 bits per heavy atom. The fourth-order valence-electron chi connectivity index (χ4n) is 1.61. The van der Waals surface area contributed by atoms with Gasteiger partial charge in [0.1, 0.15) is 5.82 Å². The van der Waals surface area contributed by atoms with Crippen molar-refractivity contribution in [3.8, 4) is 5.75 Å². The molecule has 2 nitrogen and oxygen atoms in total. The lowest BCUT2D eigenvalue weighted by Crippen LogP contribution is -2.15. The van der Waals surface area contributed by atoms with Crippen molar-refractivity contribution in [1.82, 2.24) is 0 Å². The van der Waals surface area contributed by atoms with Crippen molar-refractivity contribution in [2.24, 2.45) is 5.73 Å². The second-order valence-electron chi connectivity index (χ2n) is 3.51. The first kappa shape index (κ1) is 12.0. The minimum atomic E-state index is -0.823. The van der Waals surface area contributed by atoms with Gasteiger partial charge in [-0.05, 0) is 34.5 Å². The lowest BCUT2D eigenvalue weighted by Gasteiger charge is -2.14. The van der Waals surface area contributed by atoms with Crippen molar-refractivity contribution in [2.75, 3.05) is 7.11 Å². The van der Waals surface area contributed by atoms with Crippen LogP contribution in [0.4, 0.5) is 8.78 Å². The van der Waals surface area contributed by atoms with Gasteiger partial charge in [0.15, 0.2) is 11.6 Å². The number of hydrogen-bond acceptors (Lipinski definition) is 3. The molecule has 0 spiro atoms. The molecule has 1 heterocycles. The Morgan fingerprint density at radius 2 is 2.06 bits per heavy atom. The minimum absolute atomic E-state index is 0.00733.